The first-order chi connectivity index (χ1) is 13.2. The molecule has 0 saturated heterocycles. The van der Waals surface area contributed by atoms with Crippen LogP contribution in [-0.2, 0) is 14.8 Å². The molecule has 1 amide bonds. The van der Waals surface area contributed by atoms with Crippen LogP contribution in [0.5, 0.6) is 11.5 Å². The first-order valence-corrected chi connectivity index (χ1v) is 10.2. The highest BCUT2D eigenvalue weighted by Crippen LogP contribution is 2.29. The van der Waals surface area contributed by atoms with Crippen molar-refractivity contribution < 1.29 is 22.7 Å². The van der Waals surface area contributed by atoms with Crippen molar-refractivity contribution in [3.8, 4) is 11.5 Å². The zero-order chi connectivity index (χ0) is 20.9. The van der Waals surface area contributed by atoms with E-state index in [2.05, 4.69) is 5.32 Å². The lowest BCUT2D eigenvalue weighted by atomic mass is 10.1. The van der Waals surface area contributed by atoms with Crippen LogP contribution in [0.4, 0.5) is 0 Å². The second kappa shape index (κ2) is 9.27. The van der Waals surface area contributed by atoms with Crippen LogP contribution in [0.15, 0.2) is 47.4 Å². The van der Waals surface area contributed by atoms with Crippen molar-refractivity contribution in [2.45, 2.75) is 17.9 Å². The minimum atomic E-state index is -3.81. The van der Waals surface area contributed by atoms with Crippen LogP contribution >= 0.6 is 11.6 Å². The monoisotopic (exact) mass is 426 g/mol. The predicted octanol–water partition coefficient (Wildman–Crippen LogP) is 2.86. The lowest BCUT2D eigenvalue weighted by Crippen LogP contribution is -2.39. The molecule has 152 valence electrons. The van der Waals surface area contributed by atoms with Gasteiger partial charge in [-0.25, -0.2) is 8.42 Å². The molecule has 2 aromatic carbocycles. The summed E-state index contributed by atoms with van der Waals surface area (Å²) in [6.45, 7) is 1.45. The largest absolute Gasteiger partial charge is 0.497 e. The molecular formula is C19H23ClN2O5S. The third-order valence-electron chi connectivity index (χ3n) is 4.17. The normalized spacial score (nSPS) is 12.5. The number of likely N-dealkylation sites (N-methyl/N-ethyl adjacent to an activating group) is 1. The summed E-state index contributed by atoms with van der Waals surface area (Å²) in [5.74, 6) is 0.771. The molecule has 9 heteroatoms. The van der Waals surface area contributed by atoms with Crippen molar-refractivity contribution in [2.75, 3.05) is 27.8 Å². The molecule has 1 atom stereocenters. The molecule has 2 aromatic rings. The Morgan fingerprint density at radius 1 is 1.14 bits per heavy atom. The van der Waals surface area contributed by atoms with Crippen LogP contribution < -0.4 is 14.8 Å². The van der Waals surface area contributed by atoms with E-state index in [-0.39, 0.29) is 11.4 Å². The van der Waals surface area contributed by atoms with Gasteiger partial charge in [-0.05, 0) is 49.4 Å². The van der Waals surface area contributed by atoms with Gasteiger partial charge in [0.15, 0.2) is 0 Å². The van der Waals surface area contributed by atoms with Crippen molar-refractivity contribution in [2.24, 2.45) is 0 Å². The molecular weight excluding hydrogens is 404 g/mol. The number of sulfonamides is 1. The standard InChI is InChI=1S/C19H23ClN2O5S/c1-13(17-11-15(26-3)7-10-18(17)27-4)21-19(23)12-22(2)28(24,25)16-8-5-14(20)6-9-16/h5-11,13H,12H2,1-4H3,(H,21,23)/t13-/m0/s1. The number of nitrogens with zero attached hydrogens (tertiary/aromatic N) is 1. The second-order valence-electron chi connectivity index (χ2n) is 6.11. The molecule has 0 aliphatic carbocycles. The summed E-state index contributed by atoms with van der Waals surface area (Å²) in [4.78, 5) is 12.5. The van der Waals surface area contributed by atoms with Crippen LogP contribution in [-0.4, -0.2) is 46.4 Å². The number of carbonyl (C=O) groups excluding carboxylic acids is 1. The maximum atomic E-state index is 12.6. The van der Waals surface area contributed by atoms with Gasteiger partial charge < -0.3 is 14.8 Å². The molecule has 0 unspecified atom stereocenters. The average molecular weight is 427 g/mol. The van der Waals surface area contributed by atoms with Gasteiger partial charge in [-0.3, -0.25) is 4.79 Å². The molecule has 7 nitrogen and oxygen atoms in total. The van der Waals surface area contributed by atoms with Gasteiger partial charge in [0.1, 0.15) is 11.5 Å². The van der Waals surface area contributed by atoms with Crippen LogP contribution in [0.25, 0.3) is 0 Å². The molecule has 0 aliphatic heterocycles. The highest BCUT2D eigenvalue weighted by molar-refractivity contribution is 7.89. The molecule has 2 rings (SSSR count). The molecule has 0 aromatic heterocycles. The molecule has 0 heterocycles. The summed E-state index contributed by atoms with van der Waals surface area (Å²) in [5.41, 5.74) is 0.721. The van der Waals surface area contributed by atoms with E-state index in [1.54, 1.807) is 32.2 Å². The average Bonchev–Trinajstić information content (AvgIpc) is 2.67. The Balaban J connectivity index is 2.10. The summed E-state index contributed by atoms with van der Waals surface area (Å²) in [7, 11) is 0.623. The number of halogens is 1. The van der Waals surface area contributed by atoms with Crippen LogP contribution in [0.3, 0.4) is 0 Å². The van der Waals surface area contributed by atoms with Crippen LogP contribution in [0, 0.1) is 0 Å². The maximum Gasteiger partial charge on any atom is 0.243 e. The lowest BCUT2D eigenvalue weighted by Gasteiger charge is -2.21. The molecule has 0 saturated carbocycles. The van der Waals surface area contributed by atoms with Crippen molar-refractivity contribution in [1.82, 2.24) is 9.62 Å². The number of nitrogens with one attached hydrogen (secondary N) is 1. The Hall–Kier alpha value is -2.29. The van der Waals surface area contributed by atoms with Gasteiger partial charge in [-0.2, -0.15) is 4.31 Å². The highest BCUT2D eigenvalue weighted by atomic mass is 35.5. The number of amides is 1. The fourth-order valence-corrected chi connectivity index (χ4v) is 3.87. The van der Waals surface area contributed by atoms with E-state index in [0.717, 1.165) is 9.87 Å². The van der Waals surface area contributed by atoms with E-state index in [4.69, 9.17) is 21.1 Å². The predicted molar refractivity (Wildman–Crippen MR) is 107 cm³/mol. The van der Waals surface area contributed by atoms with Crippen molar-refractivity contribution in [1.29, 1.82) is 0 Å². The number of hydrogen-bond acceptors (Lipinski definition) is 5. The minimum absolute atomic E-state index is 0.0645. The van der Waals surface area contributed by atoms with Gasteiger partial charge >= 0.3 is 0 Å². The molecule has 0 bridgehead atoms. The fraction of sp³-hybridized carbons (Fsp3) is 0.316. The van der Waals surface area contributed by atoms with Crippen molar-refractivity contribution in [3.05, 3.63) is 53.1 Å². The Morgan fingerprint density at radius 3 is 2.36 bits per heavy atom. The molecule has 0 spiro atoms. The molecule has 0 fully saturated rings. The number of methoxy groups -OCH3 is 2. The zero-order valence-corrected chi connectivity index (χ0v) is 17.7. The summed E-state index contributed by atoms with van der Waals surface area (Å²) in [5, 5.41) is 3.22. The Bertz CT molecular complexity index is 932. The van der Waals surface area contributed by atoms with Gasteiger partial charge in [0.2, 0.25) is 15.9 Å². The quantitative estimate of drug-likeness (QED) is 0.701. The van der Waals surface area contributed by atoms with Gasteiger partial charge in [-0.1, -0.05) is 11.6 Å². The third-order valence-corrected chi connectivity index (χ3v) is 6.24. The summed E-state index contributed by atoms with van der Waals surface area (Å²) in [6.07, 6.45) is 0. The number of hydrogen-bond donors (Lipinski definition) is 1. The van der Waals surface area contributed by atoms with Crippen LogP contribution in [0.1, 0.15) is 18.5 Å². The summed E-state index contributed by atoms with van der Waals surface area (Å²) in [6, 6.07) is 10.6. The number of carbonyl (C=O) groups is 1. The summed E-state index contributed by atoms with van der Waals surface area (Å²) >= 11 is 5.80. The Labute approximate surface area is 170 Å². The van der Waals surface area contributed by atoms with Crippen LogP contribution in [0.2, 0.25) is 5.02 Å². The Kier molecular flexibility index (Phi) is 7.29. The molecule has 1 N–H and O–H groups in total. The third kappa shape index (κ3) is 5.15. The smallest absolute Gasteiger partial charge is 0.243 e. The molecule has 0 radical (unpaired) electrons. The maximum absolute atomic E-state index is 12.6. The van der Waals surface area contributed by atoms with Gasteiger partial charge in [0.05, 0.1) is 31.7 Å². The fourth-order valence-electron chi connectivity index (χ4n) is 2.62. The van der Waals surface area contributed by atoms with Gasteiger partial charge in [-0.15, -0.1) is 0 Å². The van der Waals surface area contributed by atoms with E-state index in [1.807, 2.05) is 0 Å². The Morgan fingerprint density at radius 2 is 1.79 bits per heavy atom. The summed E-state index contributed by atoms with van der Waals surface area (Å²) < 4.78 is 36.7. The first kappa shape index (κ1) is 22.0. The SMILES string of the molecule is COc1ccc(OC)c([C@H](C)NC(=O)CN(C)S(=O)(=O)c2ccc(Cl)cc2)c1. The zero-order valence-electron chi connectivity index (χ0n) is 16.1. The van der Waals surface area contributed by atoms with E-state index < -0.39 is 22.0 Å². The molecule has 28 heavy (non-hydrogen) atoms. The van der Waals surface area contributed by atoms with E-state index in [0.29, 0.717) is 16.5 Å². The van der Waals surface area contributed by atoms with Crippen molar-refractivity contribution in [3.63, 3.8) is 0 Å². The molecule has 0 aliphatic rings. The van der Waals surface area contributed by atoms with Crippen molar-refractivity contribution >= 4 is 27.5 Å². The highest BCUT2D eigenvalue weighted by Gasteiger charge is 2.24. The number of rotatable bonds is 8. The first-order valence-electron chi connectivity index (χ1n) is 8.42. The lowest BCUT2D eigenvalue weighted by molar-refractivity contribution is -0.121. The van der Waals surface area contributed by atoms with Gasteiger partial charge in [0, 0.05) is 17.6 Å². The van der Waals surface area contributed by atoms with E-state index in [1.165, 1.54) is 38.4 Å². The topological polar surface area (TPSA) is 84.9 Å². The second-order valence-corrected chi connectivity index (χ2v) is 8.59. The minimum Gasteiger partial charge on any atom is -0.497 e. The van der Waals surface area contributed by atoms with E-state index >= 15 is 0 Å². The number of ether oxygens (including phenoxy) is 2. The number of benzene rings is 2. The van der Waals surface area contributed by atoms with Gasteiger partial charge in [0.25, 0.3) is 0 Å². The van der Waals surface area contributed by atoms with E-state index in [9.17, 15) is 13.2 Å².